The molecule has 0 atom stereocenters. The Balaban J connectivity index is 1.69. The summed E-state index contributed by atoms with van der Waals surface area (Å²) in [5.74, 6) is -0.335. The predicted octanol–water partition coefficient (Wildman–Crippen LogP) is 4.11. The van der Waals surface area contributed by atoms with Crippen LogP contribution in [-0.2, 0) is 4.74 Å². The Kier molecular flexibility index (Phi) is 6.31. The number of halogens is 3. The standard InChI is InChI=1S/C22H22F3N5O4/c1-12-9-13(3-6-15(12)20(31)28-14-4-5-14)17-11-27-19-16(26-8-7-22(23,24)25)10-18(29-30(17)19)34-21(32)33-2/h3,6,9-11,14,26H,4-5,7-8H2,1-2H3,(H,28,31). The van der Waals surface area contributed by atoms with Gasteiger partial charge in [-0.2, -0.15) is 13.2 Å². The molecule has 4 rings (SSSR count). The number of carbonyl (C=O) groups excluding carboxylic acids is 2. The highest BCUT2D eigenvalue weighted by Crippen LogP contribution is 2.29. The minimum atomic E-state index is -4.34. The molecule has 180 valence electrons. The van der Waals surface area contributed by atoms with E-state index in [1.54, 1.807) is 25.1 Å². The SMILES string of the molecule is COC(=O)Oc1cc(NCCC(F)(F)F)c2ncc(-c3ccc(C(=O)NC4CC4)c(C)c3)n2n1. The number of aryl methyl sites for hydroxylation is 1. The van der Waals surface area contributed by atoms with Crippen LogP contribution in [0.3, 0.4) is 0 Å². The van der Waals surface area contributed by atoms with E-state index in [4.69, 9.17) is 4.74 Å². The maximum absolute atomic E-state index is 12.6. The van der Waals surface area contributed by atoms with E-state index in [9.17, 15) is 22.8 Å². The molecule has 1 aliphatic rings. The van der Waals surface area contributed by atoms with Crippen LogP contribution in [0.1, 0.15) is 35.2 Å². The molecule has 9 nitrogen and oxygen atoms in total. The molecule has 2 aromatic heterocycles. The lowest BCUT2D eigenvalue weighted by Crippen LogP contribution is -2.26. The van der Waals surface area contributed by atoms with Crippen molar-refractivity contribution >= 4 is 23.4 Å². The number of imidazole rings is 1. The fourth-order valence-corrected chi connectivity index (χ4v) is 3.36. The van der Waals surface area contributed by atoms with Crippen molar-refractivity contribution < 1.29 is 32.2 Å². The van der Waals surface area contributed by atoms with Crippen LogP contribution >= 0.6 is 0 Å². The van der Waals surface area contributed by atoms with Crippen molar-refractivity contribution in [3.63, 3.8) is 0 Å². The fraction of sp³-hybridized carbons (Fsp3) is 0.364. The number of anilines is 1. The summed E-state index contributed by atoms with van der Waals surface area (Å²) in [6.07, 6.45) is -2.98. The van der Waals surface area contributed by atoms with Crippen LogP contribution in [0.5, 0.6) is 5.88 Å². The van der Waals surface area contributed by atoms with Gasteiger partial charge < -0.3 is 20.1 Å². The first kappa shape index (κ1) is 23.3. The van der Waals surface area contributed by atoms with Crippen molar-refractivity contribution in [3.8, 4) is 17.1 Å². The second-order valence-corrected chi connectivity index (χ2v) is 7.90. The summed E-state index contributed by atoms with van der Waals surface area (Å²) >= 11 is 0. The third-order valence-corrected chi connectivity index (χ3v) is 5.20. The van der Waals surface area contributed by atoms with Gasteiger partial charge in [0.25, 0.3) is 5.91 Å². The molecule has 34 heavy (non-hydrogen) atoms. The van der Waals surface area contributed by atoms with Crippen molar-refractivity contribution in [2.45, 2.75) is 38.4 Å². The quantitative estimate of drug-likeness (QED) is 0.493. The molecule has 2 N–H and O–H groups in total. The molecule has 1 fully saturated rings. The molecule has 0 bridgehead atoms. The number of nitrogens with one attached hydrogen (secondary N) is 2. The average Bonchev–Trinajstić information content (AvgIpc) is 3.48. The van der Waals surface area contributed by atoms with Gasteiger partial charge in [-0.05, 0) is 37.5 Å². The first-order valence-electron chi connectivity index (χ1n) is 10.5. The van der Waals surface area contributed by atoms with Crippen LogP contribution < -0.4 is 15.4 Å². The minimum Gasteiger partial charge on any atom is -0.437 e. The molecule has 1 amide bonds. The molecular weight excluding hydrogens is 455 g/mol. The molecule has 2 heterocycles. The highest BCUT2D eigenvalue weighted by molar-refractivity contribution is 5.96. The molecule has 0 unspecified atom stereocenters. The summed E-state index contributed by atoms with van der Waals surface area (Å²) in [6, 6.07) is 6.71. The molecule has 3 aromatic rings. The maximum Gasteiger partial charge on any atom is 0.514 e. The van der Waals surface area contributed by atoms with E-state index in [1.807, 2.05) is 0 Å². The zero-order chi connectivity index (χ0) is 24.5. The lowest BCUT2D eigenvalue weighted by atomic mass is 10.0. The van der Waals surface area contributed by atoms with Crippen molar-refractivity contribution in [2.75, 3.05) is 19.0 Å². The van der Waals surface area contributed by atoms with Gasteiger partial charge in [0.05, 0.1) is 31.1 Å². The van der Waals surface area contributed by atoms with E-state index in [0.29, 0.717) is 16.8 Å². The Morgan fingerprint density at radius 3 is 2.65 bits per heavy atom. The zero-order valence-electron chi connectivity index (χ0n) is 18.4. The van der Waals surface area contributed by atoms with Crippen LogP contribution in [-0.4, -0.2) is 52.5 Å². The third-order valence-electron chi connectivity index (χ3n) is 5.20. The van der Waals surface area contributed by atoms with Gasteiger partial charge in [-0.3, -0.25) is 4.79 Å². The average molecular weight is 477 g/mol. The lowest BCUT2D eigenvalue weighted by molar-refractivity contribution is -0.131. The van der Waals surface area contributed by atoms with E-state index in [-0.39, 0.29) is 29.2 Å². The van der Waals surface area contributed by atoms with Gasteiger partial charge in [0.2, 0.25) is 5.88 Å². The predicted molar refractivity (Wildman–Crippen MR) is 116 cm³/mol. The molecular formula is C22H22F3N5O4. The smallest absolute Gasteiger partial charge is 0.437 e. The second kappa shape index (κ2) is 9.20. The maximum atomic E-state index is 12.6. The summed E-state index contributed by atoms with van der Waals surface area (Å²) in [7, 11) is 1.12. The number of hydrogen-bond donors (Lipinski definition) is 2. The molecule has 0 aliphatic heterocycles. The van der Waals surface area contributed by atoms with Gasteiger partial charge in [-0.1, -0.05) is 6.07 Å². The van der Waals surface area contributed by atoms with Gasteiger partial charge in [0.15, 0.2) is 5.65 Å². The number of carbonyl (C=O) groups is 2. The van der Waals surface area contributed by atoms with Gasteiger partial charge in [-0.25, -0.2) is 14.3 Å². The van der Waals surface area contributed by atoms with E-state index in [0.717, 1.165) is 25.5 Å². The van der Waals surface area contributed by atoms with Crippen molar-refractivity contribution in [3.05, 3.63) is 41.6 Å². The number of rotatable bonds is 7. The number of aromatic nitrogens is 3. The van der Waals surface area contributed by atoms with Crippen LogP contribution in [0.4, 0.5) is 23.7 Å². The highest BCUT2D eigenvalue weighted by Gasteiger charge is 2.27. The van der Waals surface area contributed by atoms with Crippen LogP contribution in [0.15, 0.2) is 30.5 Å². The fourth-order valence-electron chi connectivity index (χ4n) is 3.36. The van der Waals surface area contributed by atoms with Crippen LogP contribution in [0.2, 0.25) is 0 Å². The molecule has 1 saturated carbocycles. The normalized spacial score (nSPS) is 13.6. The van der Waals surface area contributed by atoms with E-state index in [2.05, 4.69) is 25.5 Å². The zero-order valence-corrected chi connectivity index (χ0v) is 18.4. The first-order valence-corrected chi connectivity index (χ1v) is 10.5. The summed E-state index contributed by atoms with van der Waals surface area (Å²) in [6.45, 7) is 1.39. The molecule has 1 aliphatic carbocycles. The topological polar surface area (TPSA) is 107 Å². The largest absolute Gasteiger partial charge is 0.514 e. The highest BCUT2D eigenvalue weighted by atomic mass is 19.4. The van der Waals surface area contributed by atoms with Gasteiger partial charge in [0, 0.05) is 29.8 Å². The second-order valence-electron chi connectivity index (χ2n) is 7.90. The van der Waals surface area contributed by atoms with E-state index < -0.39 is 25.3 Å². The first-order chi connectivity index (χ1) is 16.1. The summed E-state index contributed by atoms with van der Waals surface area (Å²) < 4.78 is 48.7. The van der Waals surface area contributed by atoms with Crippen LogP contribution in [0.25, 0.3) is 16.9 Å². The number of hydrogen-bond acceptors (Lipinski definition) is 7. The third kappa shape index (κ3) is 5.38. The Labute approximate surface area is 192 Å². The number of fused-ring (bicyclic) bond motifs is 1. The van der Waals surface area contributed by atoms with E-state index in [1.165, 1.54) is 16.8 Å². The molecule has 1 aromatic carbocycles. The molecule has 12 heteroatoms. The number of ether oxygens (including phenoxy) is 2. The van der Waals surface area contributed by atoms with Gasteiger partial charge >= 0.3 is 12.3 Å². The van der Waals surface area contributed by atoms with Gasteiger partial charge in [0.1, 0.15) is 0 Å². The van der Waals surface area contributed by atoms with Gasteiger partial charge in [-0.15, -0.1) is 5.10 Å². The lowest BCUT2D eigenvalue weighted by Gasteiger charge is -2.12. The minimum absolute atomic E-state index is 0.146. The Hall–Kier alpha value is -3.83. The number of methoxy groups -OCH3 is 1. The van der Waals surface area contributed by atoms with Crippen LogP contribution in [0, 0.1) is 6.92 Å². The Morgan fingerprint density at radius 2 is 2.00 bits per heavy atom. The summed E-state index contributed by atoms with van der Waals surface area (Å²) in [5.41, 5.74) is 2.86. The number of amides is 1. The van der Waals surface area contributed by atoms with Crippen molar-refractivity contribution in [2.24, 2.45) is 0 Å². The number of nitrogens with zero attached hydrogens (tertiary/aromatic N) is 3. The Bertz CT molecular complexity index is 1240. The summed E-state index contributed by atoms with van der Waals surface area (Å²) in [4.78, 5) is 28.3. The summed E-state index contributed by atoms with van der Waals surface area (Å²) in [5, 5.41) is 9.86. The molecule has 0 saturated heterocycles. The Morgan fingerprint density at radius 1 is 1.24 bits per heavy atom. The monoisotopic (exact) mass is 477 g/mol. The number of benzene rings is 1. The number of alkyl halides is 3. The van der Waals surface area contributed by atoms with E-state index >= 15 is 0 Å². The molecule has 0 spiro atoms. The molecule has 0 radical (unpaired) electrons. The van der Waals surface area contributed by atoms with Crippen molar-refractivity contribution in [1.82, 2.24) is 19.9 Å². The van der Waals surface area contributed by atoms with Crippen molar-refractivity contribution in [1.29, 1.82) is 0 Å².